The van der Waals surface area contributed by atoms with E-state index in [-0.39, 0.29) is 29.5 Å². The first-order valence-corrected chi connectivity index (χ1v) is 9.45. The first-order valence-electron chi connectivity index (χ1n) is 9.45. The summed E-state index contributed by atoms with van der Waals surface area (Å²) in [6, 6.07) is 8.86. The monoisotopic (exact) mass is 456 g/mol. The second kappa shape index (κ2) is 9.21. The van der Waals surface area contributed by atoms with Gasteiger partial charge in [0.2, 0.25) is 0 Å². The first kappa shape index (κ1) is 20.5. The van der Waals surface area contributed by atoms with Crippen molar-refractivity contribution in [1.82, 2.24) is 15.1 Å². The van der Waals surface area contributed by atoms with E-state index in [9.17, 15) is 0 Å². The number of hydrogen-bond acceptors (Lipinski definition) is 2. The predicted octanol–water partition coefficient (Wildman–Crippen LogP) is 3.50. The largest absolute Gasteiger partial charge is 0.357 e. The maximum absolute atomic E-state index is 4.99. The Labute approximate surface area is 170 Å². The van der Waals surface area contributed by atoms with E-state index in [1.807, 2.05) is 0 Å². The van der Waals surface area contributed by atoms with Crippen LogP contribution in [0.1, 0.15) is 44.7 Å². The average Bonchev–Trinajstić information content (AvgIpc) is 3.12. The van der Waals surface area contributed by atoms with Crippen molar-refractivity contribution in [1.29, 1.82) is 0 Å². The van der Waals surface area contributed by atoms with Crippen LogP contribution in [-0.2, 0) is 13.0 Å². The summed E-state index contributed by atoms with van der Waals surface area (Å²) in [5, 5.41) is 3.47. The zero-order valence-corrected chi connectivity index (χ0v) is 18.3. The van der Waals surface area contributed by atoms with E-state index >= 15 is 0 Å². The molecule has 0 amide bonds. The molecule has 1 aromatic carbocycles. The fourth-order valence-electron chi connectivity index (χ4n) is 3.74. The zero-order valence-electron chi connectivity index (χ0n) is 15.9. The number of likely N-dealkylation sites (tertiary alicyclic amines) is 1. The molecule has 2 heterocycles. The van der Waals surface area contributed by atoms with E-state index in [2.05, 4.69) is 60.2 Å². The molecular weight excluding hydrogens is 423 g/mol. The van der Waals surface area contributed by atoms with Crippen molar-refractivity contribution in [3.63, 3.8) is 0 Å². The SMILES string of the molecule is CCNC(=NCC(C)(C)N1CCc2ccccc2C1)N1CCCC1.I. The van der Waals surface area contributed by atoms with Crippen molar-refractivity contribution < 1.29 is 0 Å². The molecule has 0 aromatic heterocycles. The van der Waals surface area contributed by atoms with E-state index in [0.29, 0.717) is 0 Å². The van der Waals surface area contributed by atoms with Crippen molar-refractivity contribution >= 4 is 29.9 Å². The summed E-state index contributed by atoms with van der Waals surface area (Å²) in [6.07, 6.45) is 3.73. The normalized spacial score (nSPS) is 18.7. The van der Waals surface area contributed by atoms with Crippen LogP contribution in [0.25, 0.3) is 0 Å². The molecule has 0 saturated carbocycles. The van der Waals surface area contributed by atoms with Gasteiger partial charge in [-0.15, -0.1) is 24.0 Å². The van der Waals surface area contributed by atoms with E-state index in [0.717, 1.165) is 51.6 Å². The number of nitrogens with zero attached hydrogens (tertiary/aromatic N) is 3. The molecule has 0 bridgehead atoms. The maximum atomic E-state index is 4.99. The molecule has 0 atom stereocenters. The molecule has 2 aliphatic heterocycles. The summed E-state index contributed by atoms with van der Waals surface area (Å²) >= 11 is 0. The number of nitrogens with one attached hydrogen (secondary N) is 1. The van der Waals surface area contributed by atoms with Crippen LogP contribution in [0.5, 0.6) is 0 Å². The van der Waals surface area contributed by atoms with Gasteiger partial charge in [-0.1, -0.05) is 24.3 Å². The number of rotatable bonds is 4. The molecule has 1 N–H and O–H groups in total. The molecule has 0 radical (unpaired) electrons. The van der Waals surface area contributed by atoms with Gasteiger partial charge < -0.3 is 10.2 Å². The molecule has 1 fully saturated rings. The van der Waals surface area contributed by atoms with Gasteiger partial charge in [-0.2, -0.15) is 0 Å². The molecule has 1 saturated heterocycles. The average molecular weight is 456 g/mol. The van der Waals surface area contributed by atoms with Gasteiger partial charge in [-0.05, 0) is 51.2 Å². The highest BCUT2D eigenvalue weighted by atomic mass is 127. The highest BCUT2D eigenvalue weighted by Crippen LogP contribution is 2.25. The van der Waals surface area contributed by atoms with Gasteiger partial charge in [0.1, 0.15) is 0 Å². The minimum Gasteiger partial charge on any atom is -0.357 e. The Hall–Kier alpha value is -0.820. The van der Waals surface area contributed by atoms with Crippen LogP contribution in [-0.4, -0.2) is 54.0 Å². The maximum Gasteiger partial charge on any atom is 0.193 e. The van der Waals surface area contributed by atoms with E-state index in [4.69, 9.17) is 4.99 Å². The van der Waals surface area contributed by atoms with E-state index < -0.39 is 0 Å². The molecule has 3 rings (SSSR count). The van der Waals surface area contributed by atoms with Crippen LogP contribution >= 0.6 is 24.0 Å². The number of benzene rings is 1. The third-order valence-electron chi connectivity index (χ3n) is 5.34. The molecule has 0 spiro atoms. The van der Waals surface area contributed by atoms with Crippen LogP contribution in [0.2, 0.25) is 0 Å². The van der Waals surface area contributed by atoms with Gasteiger partial charge >= 0.3 is 0 Å². The molecule has 0 aliphatic carbocycles. The van der Waals surface area contributed by atoms with Gasteiger partial charge in [0.15, 0.2) is 5.96 Å². The second-order valence-corrected chi connectivity index (χ2v) is 7.62. The van der Waals surface area contributed by atoms with Gasteiger partial charge in [-0.3, -0.25) is 9.89 Å². The third-order valence-corrected chi connectivity index (χ3v) is 5.34. The number of halogens is 1. The van der Waals surface area contributed by atoms with E-state index in [1.54, 1.807) is 0 Å². The summed E-state index contributed by atoms with van der Waals surface area (Å²) in [7, 11) is 0. The highest BCUT2D eigenvalue weighted by molar-refractivity contribution is 14.0. The molecule has 1 aromatic rings. The zero-order chi connectivity index (χ0) is 17.0. The van der Waals surface area contributed by atoms with Gasteiger partial charge in [0.25, 0.3) is 0 Å². The third kappa shape index (κ3) is 5.09. The Bertz CT molecular complexity index is 579. The fraction of sp³-hybridized carbons (Fsp3) is 0.650. The molecular formula is C20H33IN4. The molecule has 25 heavy (non-hydrogen) atoms. The number of aliphatic imine (C=N–C) groups is 1. The predicted molar refractivity (Wildman–Crippen MR) is 117 cm³/mol. The lowest BCUT2D eigenvalue weighted by Crippen LogP contribution is -2.49. The quantitative estimate of drug-likeness (QED) is 0.428. The minimum absolute atomic E-state index is 0. The van der Waals surface area contributed by atoms with Crippen molar-refractivity contribution in [3.8, 4) is 0 Å². The lowest BCUT2D eigenvalue weighted by molar-refractivity contribution is 0.111. The van der Waals surface area contributed by atoms with Gasteiger partial charge in [-0.25, -0.2) is 0 Å². The molecule has 140 valence electrons. The van der Waals surface area contributed by atoms with Crippen molar-refractivity contribution in [3.05, 3.63) is 35.4 Å². The van der Waals surface area contributed by atoms with Crippen LogP contribution < -0.4 is 5.32 Å². The molecule has 5 heteroatoms. The van der Waals surface area contributed by atoms with Gasteiger partial charge in [0.05, 0.1) is 6.54 Å². The molecule has 2 aliphatic rings. The Morgan fingerprint density at radius 2 is 1.80 bits per heavy atom. The fourth-order valence-corrected chi connectivity index (χ4v) is 3.74. The first-order chi connectivity index (χ1) is 11.6. The van der Waals surface area contributed by atoms with E-state index in [1.165, 1.54) is 24.0 Å². The summed E-state index contributed by atoms with van der Waals surface area (Å²) in [4.78, 5) is 9.99. The Morgan fingerprint density at radius 3 is 2.48 bits per heavy atom. The number of guanidine groups is 1. The van der Waals surface area contributed by atoms with Crippen LogP contribution in [0.3, 0.4) is 0 Å². The lowest BCUT2D eigenvalue weighted by atomic mass is 9.94. The Morgan fingerprint density at radius 1 is 1.12 bits per heavy atom. The van der Waals surface area contributed by atoms with Crippen LogP contribution in [0.4, 0.5) is 0 Å². The summed E-state index contributed by atoms with van der Waals surface area (Å²) in [5.74, 6) is 1.10. The number of hydrogen-bond donors (Lipinski definition) is 1. The highest BCUT2D eigenvalue weighted by Gasteiger charge is 2.30. The van der Waals surface area contributed by atoms with Crippen LogP contribution in [0, 0.1) is 0 Å². The summed E-state index contributed by atoms with van der Waals surface area (Å²) in [5.41, 5.74) is 3.07. The standard InChI is InChI=1S/C20H32N4.HI/c1-4-21-19(23-12-7-8-13-23)22-16-20(2,3)24-14-11-17-9-5-6-10-18(17)15-24;/h5-6,9-10H,4,7-8,11-16H2,1-3H3,(H,21,22);1H. The molecule has 4 nitrogen and oxygen atoms in total. The van der Waals surface area contributed by atoms with Crippen molar-refractivity contribution in [2.75, 3.05) is 32.7 Å². The lowest BCUT2D eigenvalue weighted by Gasteiger charge is -2.41. The summed E-state index contributed by atoms with van der Waals surface area (Å²) < 4.78 is 0. The van der Waals surface area contributed by atoms with Gasteiger partial charge in [0, 0.05) is 38.3 Å². The smallest absolute Gasteiger partial charge is 0.193 e. The second-order valence-electron chi connectivity index (χ2n) is 7.62. The Balaban J connectivity index is 0.00000225. The van der Waals surface area contributed by atoms with Crippen molar-refractivity contribution in [2.24, 2.45) is 4.99 Å². The topological polar surface area (TPSA) is 30.9 Å². The molecule has 0 unspecified atom stereocenters. The summed E-state index contributed by atoms with van der Waals surface area (Å²) in [6.45, 7) is 13.0. The Kier molecular flexibility index (Phi) is 7.55. The van der Waals surface area contributed by atoms with Crippen LogP contribution in [0.15, 0.2) is 29.3 Å². The van der Waals surface area contributed by atoms with Crippen molar-refractivity contribution in [2.45, 2.75) is 52.1 Å². The minimum atomic E-state index is 0. The number of fused-ring (bicyclic) bond motifs is 1.